The van der Waals surface area contributed by atoms with E-state index in [4.69, 9.17) is 0 Å². The molecule has 2 saturated heterocycles. The van der Waals surface area contributed by atoms with Crippen LogP contribution in [0.4, 0.5) is 11.4 Å². The van der Waals surface area contributed by atoms with Crippen molar-refractivity contribution in [1.29, 1.82) is 0 Å². The number of nitrogens with zero attached hydrogens (tertiary/aromatic N) is 2. The van der Waals surface area contributed by atoms with Crippen LogP contribution in [0.3, 0.4) is 0 Å². The van der Waals surface area contributed by atoms with Crippen LogP contribution in [0.15, 0.2) is 18.2 Å². The average molecular weight is 414 g/mol. The van der Waals surface area contributed by atoms with E-state index in [9.17, 15) is 9.59 Å². The lowest BCUT2D eigenvalue weighted by Crippen LogP contribution is -2.36. The third-order valence-electron chi connectivity index (χ3n) is 6.10. The molecule has 166 valence electrons. The smallest absolute Gasteiger partial charge is 0.256 e. The first-order valence-electron chi connectivity index (χ1n) is 11.7. The predicted molar refractivity (Wildman–Crippen MR) is 124 cm³/mol. The van der Waals surface area contributed by atoms with Crippen molar-refractivity contribution in [3.05, 3.63) is 23.8 Å². The lowest BCUT2D eigenvalue weighted by atomic mass is 9.84. The molecule has 1 aromatic carbocycles. The zero-order valence-corrected chi connectivity index (χ0v) is 19.3. The maximum absolute atomic E-state index is 13.3. The molecular weight excluding hydrogens is 374 g/mol. The number of nitrogens with one attached hydrogen (secondary N) is 1. The second-order valence-electron chi connectivity index (χ2n) is 10.4. The Balaban J connectivity index is 1.75. The minimum Gasteiger partial charge on any atom is -0.371 e. The van der Waals surface area contributed by atoms with E-state index in [-0.39, 0.29) is 17.2 Å². The topological polar surface area (TPSA) is 52.7 Å². The first-order valence-corrected chi connectivity index (χ1v) is 11.7. The van der Waals surface area contributed by atoms with E-state index in [1.807, 2.05) is 23.1 Å². The van der Waals surface area contributed by atoms with E-state index < -0.39 is 0 Å². The molecule has 0 aromatic heterocycles. The summed E-state index contributed by atoms with van der Waals surface area (Å²) in [4.78, 5) is 30.2. The van der Waals surface area contributed by atoms with E-state index in [2.05, 4.69) is 37.9 Å². The van der Waals surface area contributed by atoms with Gasteiger partial charge in [0.1, 0.15) is 0 Å². The largest absolute Gasteiger partial charge is 0.371 e. The molecule has 1 unspecified atom stereocenters. The molecule has 1 aromatic rings. The van der Waals surface area contributed by atoms with Crippen molar-refractivity contribution in [3.8, 4) is 0 Å². The van der Waals surface area contributed by atoms with Crippen molar-refractivity contribution in [2.45, 2.75) is 72.6 Å². The molecule has 2 heterocycles. The van der Waals surface area contributed by atoms with Crippen LogP contribution in [0.2, 0.25) is 0 Å². The molecule has 5 heteroatoms. The van der Waals surface area contributed by atoms with Crippen molar-refractivity contribution in [1.82, 2.24) is 4.90 Å². The van der Waals surface area contributed by atoms with Gasteiger partial charge in [-0.3, -0.25) is 9.59 Å². The van der Waals surface area contributed by atoms with Crippen LogP contribution in [0.1, 0.15) is 83.0 Å². The summed E-state index contributed by atoms with van der Waals surface area (Å²) in [6.45, 7) is 12.4. The summed E-state index contributed by atoms with van der Waals surface area (Å²) < 4.78 is 0. The maximum atomic E-state index is 13.3. The third kappa shape index (κ3) is 6.23. The number of rotatable bonds is 6. The highest BCUT2D eigenvalue weighted by molar-refractivity contribution is 6.02. The van der Waals surface area contributed by atoms with Gasteiger partial charge in [-0.15, -0.1) is 0 Å². The number of likely N-dealkylation sites (tertiary alicyclic amines) is 1. The van der Waals surface area contributed by atoms with Crippen LogP contribution < -0.4 is 10.2 Å². The molecule has 2 aliphatic rings. The Morgan fingerprint density at radius 2 is 1.63 bits per heavy atom. The lowest BCUT2D eigenvalue weighted by molar-refractivity contribution is -0.117. The zero-order valence-electron chi connectivity index (χ0n) is 19.3. The molecule has 0 saturated carbocycles. The molecular formula is C25H39N3O2. The van der Waals surface area contributed by atoms with Gasteiger partial charge in [-0.1, -0.05) is 27.7 Å². The molecule has 2 fully saturated rings. The number of piperidine rings is 1. The normalized spacial score (nSPS) is 18.4. The second-order valence-corrected chi connectivity index (χ2v) is 10.4. The Kier molecular flexibility index (Phi) is 7.43. The highest BCUT2D eigenvalue weighted by atomic mass is 16.2. The van der Waals surface area contributed by atoms with Crippen molar-refractivity contribution in [3.63, 3.8) is 0 Å². The monoisotopic (exact) mass is 413 g/mol. The number of hydrogen-bond donors (Lipinski definition) is 1. The van der Waals surface area contributed by atoms with Crippen molar-refractivity contribution < 1.29 is 9.59 Å². The van der Waals surface area contributed by atoms with Gasteiger partial charge in [0, 0.05) is 44.0 Å². The first-order chi connectivity index (χ1) is 14.2. The number of carbonyl (C=O) groups excluding carboxylic acids is 2. The molecule has 1 N–H and O–H groups in total. The first kappa shape index (κ1) is 22.6. The summed E-state index contributed by atoms with van der Waals surface area (Å²) >= 11 is 0. The summed E-state index contributed by atoms with van der Waals surface area (Å²) in [6.07, 6.45) is 7.20. The fraction of sp³-hybridized carbons (Fsp3) is 0.680. The maximum Gasteiger partial charge on any atom is 0.256 e. The fourth-order valence-electron chi connectivity index (χ4n) is 4.93. The number of amides is 2. The molecule has 0 aliphatic carbocycles. The van der Waals surface area contributed by atoms with Gasteiger partial charge >= 0.3 is 0 Å². The molecule has 0 radical (unpaired) electrons. The molecule has 30 heavy (non-hydrogen) atoms. The van der Waals surface area contributed by atoms with E-state index in [0.717, 1.165) is 62.4 Å². The predicted octanol–water partition coefficient (Wildman–Crippen LogP) is 5.31. The number of benzene rings is 1. The number of hydrogen-bond acceptors (Lipinski definition) is 3. The highest BCUT2D eigenvalue weighted by Gasteiger charge is 2.25. The number of anilines is 2. The standard InChI is InChI=1S/C25H39N3O2/c1-19(18-25(2,3)4)16-23(29)26-20-10-11-22(27-12-8-9-13-27)21(17-20)24(30)28-14-6-5-7-15-28/h10-11,17,19H,5-9,12-16,18H2,1-4H3,(H,26,29). The molecule has 3 rings (SSSR count). The van der Waals surface area contributed by atoms with Gasteiger partial charge in [-0.2, -0.15) is 0 Å². The summed E-state index contributed by atoms with van der Waals surface area (Å²) in [5, 5.41) is 3.05. The summed E-state index contributed by atoms with van der Waals surface area (Å²) in [5.74, 6) is 0.453. The van der Waals surface area contributed by atoms with Crippen LogP contribution in [-0.2, 0) is 4.79 Å². The Labute approximate surface area is 182 Å². The van der Waals surface area contributed by atoms with Gasteiger partial charge in [-0.05, 0) is 68.1 Å². The van der Waals surface area contributed by atoms with Crippen molar-refractivity contribution in [2.24, 2.45) is 11.3 Å². The van der Waals surface area contributed by atoms with Gasteiger partial charge in [0.05, 0.1) is 5.56 Å². The summed E-state index contributed by atoms with van der Waals surface area (Å²) in [7, 11) is 0. The SMILES string of the molecule is CC(CC(=O)Nc1ccc(N2CCCC2)c(C(=O)N2CCCCC2)c1)CC(C)(C)C. The van der Waals surface area contributed by atoms with E-state index in [1.165, 1.54) is 19.3 Å². The molecule has 2 aliphatic heterocycles. The summed E-state index contributed by atoms with van der Waals surface area (Å²) in [5.41, 5.74) is 2.69. The van der Waals surface area contributed by atoms with E-state index in [1.54, 1.807) is 0 Å². The summed E-state index contributed by atoms with van der Waals surface area (Å²) in [6, 6.07) is 5.88. The second kappa shape index (κ2) is 9.84. The third-order valence-corrected chi connectivity index (χ3v) is 6.10. The quantitative estimate of drug-likeness (QED) is 0.687. The van der Waals surface area contributed by atoms with Gasteiger partial charge in [-0.25, -0.2) is 0 Å². The van der Waals surface area contributed by atoms with Crippen molar-refractivity contribution >= 4 is 23.2 Å². The van der Waals surface area contributed by atoms with Gasteiger partial charge < -0.3 is 15.1 Å². The van der Waals surface area contributed by atoms with Crippen LogP contribution in [0, 0.1) is 11.3 Å². The van der Waals surface area contributed by atoms with Crippen LogP contribution in [0.5, 0.6) is 0 Å². The van der Waals surface area contributed by atoms with Crippen molar-refractivity contribution in [2.75, 3.05) is 36.4 Å². The molecule has 2 amide bonds. The van der Waals surface area contributed by atoms with Crippen LogP contribution in [-0.4, -0.2) is 42.9 Å². The Hall–Kier alpha value is -2.04. The van der Waals surface area contributed by atoms with Crippen LogP contribution in [0.25, 0.3) is 0 Å². The van der Waals surface area contributed by atoms with E-state index >= 15 is 0 Å². The molecule has 0 spiro atoms. The van der Waals surface area contributed by atoms with Gasteiger partial charge in [0.25, 0.3) is 5.91 Å². The fourth-order valence-corrected chi connectivity index (χ4v) is 4.93. The molecule has 5 nitrogen and oxygen atoms in total. The molecule has 0 bridgehead atoms. The lowest BCUT2D eigenvalue weighted by Gasteiger charge is -2.29. The Morgan fingerprint density at radius 1 is 1.00 bits per heavy atom. The average Bonchev–Trinajstić information content (AvgIpc) is 3.21. The van der Waals surface area contributed by atoms with Gasteiger partial charge in [0.2, 0.25) is 5.91 Å². The minimum atomic E-state index is 0.0250. The minimum absolute atomic E-state index is 0.0250. The number of carbonyl (C=O) groups is 2. The highest BCUT2D eigenvalue weighted by Crippen LogP contribution is 2.30. The Bertz CT molecular complexity index is 741. The van der Waals surface area contributed by atoms with E-state index in [0.29, 0.717) is 12.3 Å². The molecule has 1 atom stereocenters. The Morgan fingerprint density at radius 3 is 2.27 bits per heavy atom. The zero-order chi connectivity index (χ0) is 21.7. The van der Waals surface area contributed by atoms with Crippen LogP contribution >= 0.6 is 0 Å². The van der Waals surface area contributed by atoms with Gasteiger partial charge in [0.15, 0.2) is 0 Å².